The molecule has 1 aliphatic rings. The van der Waals surface area contributed by atoms with Crippen molar-refractivity contribution in [2.24, 2.45) is 0 Å². The van der Waals surface area contributed by atoms with Crippen LogP contribution < -0.4 is 4.74 Å². The van der Waals surface area contributed by atoms with Crippen LogP contribution in [0.3, 0.4) is 0 Å². The number of nitriles is 1. The molecular weight excluding hydrogens is 292 g/mol. The van der Waals surface area contributed by atoms with Crippen LogP contribution in [-0.4, -0.2) is 23.3 Å². The molecule has 2 aromatic rings. The molecule has 0 aliphatic heterocycles. The molecule has 0 spiro atoms. The van der Waals surface area contributed by atoms with Crippen LogP contribution in [0.1, 0.15) is 56.9 Å². The van der Waals surface area contributed by atoms with Gasteiger partial charge < -0.3 is 14.3 Å². The van der Waals surface area contributed by atoms with Crippen LogP contribution in [0.5, 0.6) is 5.75 Å². The summed E-state index contributed by atoms with van der Waals surface area (Å²) in [5.74, 6) is 1.44. The topological polar surface area (TPSA) is 79.3 Å². The molecule has 122 valence electrons. The second-order valence-corrected chi connectivity index (χ2v) is 6.63. The number of nitrogens with zero attached hydrogens (tertiary/aromatic N) is 2. The lowest BCUT2D eigenvalue weighted by atomic mass is 9.69. The maximum Gasteiger partial charge on any atom is 0.198 e. The summed E-state index contributed by atoms with van der Waals surface area (Å²) in [4.78, 5) is 4.65. The molecule has 0 atom stereocenters. The largest absolute Gasteiger partial charge is 0.493 e. The Morgan fingerprint density at radius 3 is 2.65 bits per heavy atom. The molecule has 1 saturated carbocycles. The first-order valence-electron chi connectivity index (χ1n) is 8.08. The summed E-state index contributed by atoms with van der Waals surface area (Å²) in [7, 11) is 1.60. The van der Waals surface area contributed by atoms with Crippen LogP contribution in [-0.2, 0) is 5.41 Å². The number of oxazole rings is 1. The molecule has 1 aromatic heterocycles. The molecule has 5 heteroatoms. The molecule has 0 unspecified atom stereocenters. The Balaban J connectivity index is 2.19. The van der Waals surface area contributed by atoms with E-state index in [2.05, 4.69) is 11.1 Å². The molecule has 3 rings (SSSR count). The number of benzene rings is 1. The Hall–Kier alpha value is -2.06. The molecule has 0 radical (unpaired) electrons. The fraction of sp³-hybridized carbons (Fsp3) is 0.556. The van der Waals surface area contributed by atoms with E-state index in [0.717, 1.165) is 5.56 Å². The minimum atomic E-state index is -0.616. The van der Waals surface area contributed by atoms with Crippen molar-refractivity contribution in [2.45, 2.75) is 57.0 Å². The molecule has 1 fully saturated rings. The normalized spacial score (nSPS) is 24.8. The zero-order chi connectivity index (χ0) is 16.6. The predicted molar refractivity (Wildman–Crippen MR) is 86.4 cm³/mol. The van der Waals surface area contributed by atoms with Crippen molar-refractivity contribution < 1.29 is 14.3 Å². The highest BCUT2D eigenvalue weighted by atomic mass is 16.5. The molecule has 1 aliphatic carbocycles. The van der Waals surface area contributed by atoms with Crippen LogP contribution in [0.15, 0.2) is 16.5 Å². The molecule has 0 bridgehead atoms. The molecule has 1 heterocycles. The summed E-state index contributed by atoms with van der Waals surface area (Å²) >= 11 is 0. The van der Waals surface area contributed by atoms with Gasteiger partial charge in [-0.25, -0.2) is 4.98 Å². The fourth-order valence-corrected chi connectivity index (χ4v) is 3.33. The van der Waals surface area contributed by atoms with Crippen molar-refractivity contribution >= 4 is 11.1 Å². The van der Waals surface area contributed by atoms with E-state index >= 15 is 0 Å². The number of rotatable bonds is 3. The Kier molecular flexibility index (Phi) is 4.03. The highest BCUT2D eigenvalue weighted by Gasteiger charge is 2.39. The Morgan fingerprint density at radius 2 is 2.09 bits per heavy atom. The summed E-state index contributed by atoms with van der Waals surface area (Å²) < 4.78 is 11.3. The fourth-order valence-electron chi connectivity index (χ4n) is 3.33. The van der Waals surface area contributed by atoms with Crippen LogP contribution in [0.4, 0.5) is 0 Å². The first-order valence-corrected chi connectivity index (χ1v) is 8.08. The van der Waals surface area contributed by atoms with Crippen molar-refractivity contribution in [3.63, 3.8) is 0 Å². The lowest BCUT2D eigenvalue weighted by Gasteiger charge is -2.33. The van der Waals surface area contributed by atoms with Crippen molar-refractivity contribution in [2.75, 3.05) is 7.11 Å². The molecule has 23 heavy (non-hydrogen) atoms. The molecule has 1 aromatic carbocycles. The monoisotopic (exact) mass is 314 g/mol. The number of aliphatic hydroxyl groups excluding tert-OH is 1. The van der Waals surface area contributed by atoms with E-state index in [0.29, 0.717) is 48.4 Å². The smallest absolute Gasteiger partial charge is 0.198 e. The highest BCUT2D eigenvalue weighted by Crippen LogP contribution is 2.44. The van der Waals surface area contributed by atoms with Crippen LogP contribution in [0, 0.1) is 11.3 Å². The summed E-state index contributed by atoms with van der Waals surface area (Å²) in [5.41, 5.74) is 1.59. The van der Waals surface area contributed by atoms with Gasteiger partial charge in [0.2, 0.25) is 0 Å². The third kappa shape index (κ3) is 2.57. The number of ether oxygens (including phenoxy) is 1. The predicted octanol–water partition coefficient (Wildman–Crippen LogP) is 3.66. The van der Waals surface area contributed by atoms with E-state index in [1.54, 1.807) is 7.11 Å². The van der Waals surface area contributed by atoms with Gasteiger partial charge in [0.1, 0.15) is 5.52 Å². The van der Waals surface area contributed by atoms with E-state index < -0.39 is 5.41 Å². The van der Waals surface area contributed by atoms with E-state index in [-0.39, 0.29) is 12.0 Å². The van der Waals surface area contributed by atoms with Crippen LogP contribution in [0.25, 0.3) is 11.1 Å². The number of hydrogen-bond donors (Lipinski definition) is 1. The molecular formula is C18H22N2O3. The van der Waals surface area contributed by atoms with Gasteiger partial charge in [0.25, 0.3) is 0 Å². The van der Waals surface area contributed by atoms with E-state index in [1.165, 1.54) is 0 Å². The van der Waals surface area contributed by atoms with Gasteiger partial charge in [0, 0.05) is 11.5 Å². The SMILES string of the molecule is COc1ccc([C@]2(C#N)CC[C@@H](O)CC2)c2nc(C(C)C)oc12. The minimum Gasteiger partial charge on any atom is -0.493 e. The van der Waals surface area contributed by atoms with E-state index in [4.69, 9.17) is 9.15 Å². The molecule has 1 N–H and O–H groups in total. The summed E-state index contributed by atoms with van der Waals surface area (Å²) in [6, 6.07) is 6.26. The number of aromatic nitrogens is 1. The van der Waals surface area contributed by atoms with Crippen LogP contribution in [0.2, 0.25) is 0 Å². The average molecular weight is 314 g/mol. The quantitative estimate of drug-likeness (QED) is 0.935. The summed E-state index contributed by atoms with van der Waals surface area (Å²) in [5, 5.41) is 19.7. The van der Waals surface area contributed by atoms with Gasteiger partial charge in [0.15, 0.2) is 17.2 Å². The average Bonchev–Trinajstić information content (AvgIpc) is 3.01. The summed E-state index contributed by atoms with van der Waals surface area (Å²) in [6.07, 6.45) is 2.23. The minimum absolute atomic E-state index is 0.158. The van der Waals surface area contributed by atoms with E-state index in [1.807, 2.05) is 26.0 Å². The van der Waals surface area contributed by atoms with Crippen molar-refractivity contribution in [1.29, 1.82) is 5.26 Å². The van der Waals surface area contributed by atoms with E-state index in [9.17, 15) is 10.4 Å². The first kappa shape index (κ1) is 15.8. The molecule has 5 nitrogen and oxygen atoms in total. The van der Waals surface area contributed by atoms with Crippen molar-refractivity contribution in [1.82, 2.24) is 4.98 Å². The van der Waals surface area contributed by atoms with Gasteiger partial charge >= 0.3 is 0 Å². The summed E-state index contributed by atoms with van der Waals surface area (Å²) in [6.45, 7) is 4.04. The lowest BCUT2D eigenvalue weighted by molar-refractivity contribution is 0.110. The van der Waals surface area contributed by atoms with Gasteiger partial charge in [-0.3, -0.25) is 0 Å². The maximum absolute atomic E-state index is 9.86. The molecule has 0 amide bonds. The van der Waals surface area contributed by atoms with Gasteiger partial charge in [0.05, 0.1) is 24.7 Å². The number of methoxy groups -OCH3 is 1. The van der Waals surface area contributed by atoms with Crippen LogP contribution >= 0.6 is 0 Å². The Labute approximate surface area is 135 Å². The molecule has 0 saturated heterocycles. The lowest BCUT2D eigenvalue weighted by Crippen LogP contribution is -2.32. The van der Waals surface area contributed by atoms with Gasteiger partial charge in [-0.15, -0.1) is 0 Å². The second-order valence-electron chi connectivity index (χ2n) is 6.63. The Bertz CT molecular complexity index is 749. The van der Waals surface area contributed by atoms with Gasteiger partial charge in [-0.2, -0.15) is 5.26 Å². The van der Waals surface area contributed by atoms with Gasteiger partial charge in [-0.1, -0.05) is 19.9 Å². The van der Waals surface area contributed by atoms with Gasteiger partial charge in [-0.05, 0) is 31.7 Å². The number of hydrogen-bond acceptors (Lipinski definition) is 5. The number of aliphatic hydroxyl groups is 1. The zero-order valence-corrected chi connectivity index (χ0v) is 13.8. The van der Waals surface area contributed by atoms with Crippen molar-refractivity contribution in [3.8, 4) is 11.8 Å². The number of fused-ring (bicyclic) bond motifs is 1. The Morgan fingerprint density at radius 1 is 1.39 bits per heavy atom. The third-order valence-corrected chi connectivity index (χ3v) is 4.78. The highest BCUT2D eigenvalue weighted by molar-refractivity contribution is 5.84. The maximum atomic E-state index is 9.86. The third-order valence-electron chi connectivity index (χ3n) is 4.78. The van der Waals surface area contributed by atoms with Crippen molar-refractivity contribution in [3.05, 3.63) is 23.6 Å². The zero-order valence-electron chi connectivity index (χ0n) is 13.8. The standard InChI is InChI=1S/C18H22N2O3/c1-11(2)17-20-15-13(4-5-14(22-3)16(15)23-17)18(10-19)8-6-12(21)7-9-18/h4-5,11-12,21H,6-9H2,1-3H3/t12-,18-. The second kappa shape index (κ2) is 5.86. The first-order chi connectivity index (χ1) is 11.0.